The van der Waals surface area contributed by atoms with E-state index >= 15 is 0 Å². The molecule has 0 radical (unpaired) electrons. The maximum Gasteiger partial charge on any atom is 0.243 e. The van der Waals surface area contributed by atoms with Gasteiger partial charge in [0.1, 0.15) is 6.04 Å². The van der Waals surface area contributed by atoms with Crippen molar-refractivity contribution in [2.45, 2.75) is 18.9 Å². The summed E-state index contributed by atoms with van der Waals surface area (Å²) in [6, 6.07) is -0.156. The first-order chi connectivity index (χ1) is 4.30. The Morgan fingerprint density at radius 2 is 2.56 bits per heavy atom. The zero-order valence-corrected chi connectivity index (χ0v) is 5.69. The van der Waals surface area contributed by atoms with Gasteiger partial charge in [-0.05, 0) is 30.6 Å². The molecule has 0 bridgehead atoms. The minimum Gasteiger partial charge on any atom is -0.380 e. The summed E-state index contributed by atoms with van der Waals surface area (Å²) in [6.07, 6.45) is 5.51. The Hall–Kier alpha value is -0.500. The van der Waals surface area contributed by atoms with Crippen molar-refractivity contribution in [1.29, 1.82) is 0 Å². The van der Waals surface area contributed by atoms with Crippen molar-refractivity contribution in [3.8, 4) is 0 Å². The van der Waals surface area contributed by atoms with Gasteiger partial charge in [-0.15, -0.1) is 0 Å². The lowest BCUT2D eigenvalue weighted by Crippen LogP contribution is -2.31. The SMILES string of the molecule is O=C(Cl)C1CCC=CN1. The second kappa shape index (κ2) is 2.87. The number of carbonyl (C=O) groups excluding carboxylic acids is 1. The van der Waals surface area contributed by atoms with E-state index in [2.05, 4.69) is 5.32 Å². The summed E-state index contributed by atoms with van der Waals surface area (Å²) in [7, 11) is 0. The summed E-state index contributed by atoms with van der Waals surface area (Å²) in [4.78, 5) is 10.5. The van der Waals surface area contributed by atoms with Gasteiger partial charge in [0.05, 0.1) is 0 Å². The highest BCUT2D eigenvalue weighted by Crippen LogP contribution is 2.06. The van der Waals surface area contributed by atoms with Crippen molar-refractivity contribution in [1.82, 2.24) is 5.32 Å². The molecule has 0 amide bonds. The van der Waals surface area contributed by atoms with Gasteiger partial charge in [-0.25, -0.2) is 0 Å². The van der Waals surface area contributed by atoms with E-state index in [0.29, 0.717) is 0 Å². The van der Waals surface area contributed by atoms with Crippen LogP contribution in [0.3, 0.4) is 0 Å². The number of hydrogen-bond donors (Lipinski definition) is 1. The number of hydrogen-bond acceptors (Lipinski definition) is 2. The van der Waals surface area contributed by atoms with Crippen LogP contribution in [-0.2, 0) is 4.79 Å². The molecule has 1 rings (SSSR count). The molecular weight excluding hydrogens is 138 g/mol. The molecule has 0 aromatic heterocycles. The summed E-state index contributed by atoms with van der Waals surface area (Å²) in [5.41, 5.74) is 0. The van der Waals surface area contributed by atoms with Gasteiger partial charge >= 0.3 is 0 Å². The highest BCUT2D eigenvalue weighted by molar-refractivity contribution is 6.64. The molecule has 0 fully saturated rings. The molecule has 0 spiro atoms. The summed E-state index contributed by atoms with van der Waals surface area (Å²) in [5.74, 6) is 0. The van der Waals surface area contributed by atoms with E-state index in [9.17, 15) is 4.79 Å². The van der Waals surface area contributed by atoms with Gasteiger partial charge in [0.15, 0.2) is 0 Å². The molecule has 0 aromatic carbocycles. The van der Waals surface area contributed by atoms with E-state index in [1.54, 1.807) is 6.20 Å². The minimum absolute atomic E-state index is 0.156. The average Bonchev–Trinajstić information content (AvgIpc) is 1.90. The predicted molar refractivity (Wildman–Crippen MR) is 36.2 cm³/mol. The van der Waals surface area contributed by atoms with Crippen molar-refractivity contribution in [3.05, 3.63) is 12.3 Å². The third-order valence-electron chi connectivity index (χ3n) is 1.31. The Labute approximate surface area is 58.9 Å². The molecule has 1 unspecified atom stereocenters. The van der Waals surface area contributed by atoms with Crippen LogP contribution in [0.2, 0.25) is 0 Å². The lowest BCUT2D eigenvalue weighted by molar-refractivity contribution is -0.113. The van der Waals surface area contributed by atoms with Gasteiger partial charge in [-0.1, -0.05) is 6.08 Å². The van der Waals surface area contributed by atoms with E-state index < -0.39 is 0 Å². The van der Waals surface area contributed by atoms with Crippen LogP contribution in [-0.4, -0.2) is 11.3 Å². The third kappa shape index (κ3) is 1.72. The Morgan fingerprint density at radius 1 is 1.78 bits per heavy atom. The van der Waals surface area contributed by atoms with E-state index in [1.165, 1.54) is 0 Å². The normalized spacial score (nSPS) is 25.2. The maximum absolute atomic E-state index is 10.5. The Morgan fingerprint density at radius 3 is 2.89 bits per heavy atom. The molecular formula is C6H8ClNO. The van der Waals surface area contributed by atoms with Gasteiger partial charge in [0.25, 0.3) is 0 Å². The quantitative estimate of drug-likeness (QED) is 0.559. The lowest BCUT2D eigenvalue weighted by atomic mass is 10.1. The molecule has 9 heavy (non-hydrogen) atoms. The fraction of sp³-hybridized carbons (Fsp3) is 0.500. The molecule has 0 saturated carbocycles. The van der Waals surface area contributed by atoms with Crippen molar-refractivity contribution >= 4 is 16.8 Å². The molecule has 1 heterocycles. The third-order valence-corrected chi connectivity index (χ3v) is 1.57. The van der Waals surface area contributed by atoms with Crippen molar-refractivity contribution in [2.75, 3.05) is 0 Å². The molecule has 1 N–H and O–H groups in total. The van der Waals surface area contributed by atoms with Gasteiger partial charge in [-0.2, -0.15) is 0 Å². The molecule has 0 aliphatic carbocycles. The van der Waals surface area contributed by atoms with Crippen molar-refractivity contribution < 1.29 is 4.79 Å². The monoisotopic (exact) mass is 145 g/mol. The fourth-order valence-corrected chi connectivity index (χ4v) is 0.965. The second-order valence-electron chi connectivity index (χ2n) is 2.00. The zero-order valence-electron chi connectivity index (χ0n) is 4.93. The van der Waals surface area contributed by atoms with Crippen LogP contribution in [0, 0.1) is 0 Å². The maximum atomic E-state index is 10.5. The Bertz CT molecular complexity index is 144. The van der Waals surface area contributed by atoms with E-state index in [4.69, 9.17) is 11.6 Å². The fourth-order valence-electron chi connectivity index (χ4n) is 0.793. The summed E-state index contributed by atoms with van der Waals surface area (Å²) in [6.45, 7) is 0. The number of nitrogens with one attached hydrogen (secondary N) is 1. The minimum atomic E-state index is -0.292. The van der Waals surface area contributed by atoms with E-state index in [-0.39, 0.29) is 11.3 Å². The highest BCUT2D eigenvalue weighted by atomic mass is 35.5. The van der Waals surface area contributed by atoms with Gasteiger partial charge < -0.3 is 5.32 Å². The Balaban J connectivity index is 2.44. The first-order valence-electron chi connectivity index (χ1n) is 2.91. The van der Waals surface area contributed by atoms with Crippen LogP contribution in [0.5, 0.6) is 0 Å². The predicted octanol–water partition coefficient (Wildman–Crippen LogP) is 1.02. The van der Waals surface area contributed by atoms with Crippen LogP contribution < -0.4 is 5.32 Å². The average molecular weight is 146 g/mol. The van der Waals surface area contributed by atoms with Crippen LogP contribution in [0.25, 0.3) is 0 Å². The summed E-state index contributed by atoms with van der Waals surface area (Å²) in [5, 5.41) is 2.56. The van der Waals surface area contributed by atoms with Crippen LogP contribution >= 0.6 is 11.6 Å². The first-order valence-corrected chi connectivity index (χ1v) is 3.29. The lowest BCUT2D eigenvalue weighted by Gasteiger charge is -2.14. The van der Waals surface area contributed by atoms with Crippen LogP contribution in [0.4, 0.5) is 0 Å². The molecule has 50 valence electrons. The molecule has 0 aromatic rings. The first kappa shape index (κ1) is 6.62. The number of rotatable bonds is 1. The van der Waals surface area contributed by atoms with Crippen LogP contribution in [0.1, 0.15) is 12.8 Å². The molecule has 1 aliphatic rings. The summed E-state index contributed by atoms with van der Waals surface area (Å²) >= 11 is 5.22. The van der Waals surface area contributed by atoms with Gasteiger partial charge in [-0.3, -0.25) is 4.79 Å². The number of allylic oxidation sites excluding steroid dienone is 1. The zero-order chi connectivity index (χ0) is 6.69. The standard InChI is InChI=1S/C6H8ClNO/c7-6(9)5-3-1-2-4-8-5/h2,4-5,8H,1,3H2. The number of carbonyl (C=O) groups is 1. The Kier molecular flexibility index (Phi) is 2.11. The molecule has 1 aliphatic heterocycles. The molecule has 0 saturated heterocycles. The van der Waals surface area contributed by atoms with Gasteiger partial charge in [0.2, 0.25) is 5.24 Å². The smallest absolute Gasteiger partial charge is 0.243 e. The number of halogens is 1. The van der Waals surface area contributed by atoms with Gasteiger partial charge in [0, 0.05) is 0 Å². The summed E-state index contributed by atoms with van der Waals surface area (Å²) < 4.78 is 0. The van der Waals surface area contributed by atoms with E-state index in [1.807, 2.05) is 6.08 Å². The highest BCUT2D eigenvalue weighted by Gasteiger charge is 2.14. The molecule has 1 atom stereocenters. The van der Waals surface area contributed by atoms with Crippen molar-refractivity contribution in [2.24, 2.45) is 0 Å². The topological polar surface area (TPSA) is 29.1 Å². The van der Waals surface area contributed by atoms with Crippen molar-refractivity contribution in [3.63, 3.8) is 0 Å². The second-order valence-corrected chi connectivity index (χ2v) is 2.38. The largest absolute Gasteiger partial charge is 0.380 e. The molecule has 3 heteroatoms. The molecule has 2 nitrogen and oxygen atoms in total. The van der Waals surface area contributed by atoms with Crippen LogP contribution in [0.15, 0.2) is 12.3 Å². The van der Waals surface area contributed by atoms with E-state index in [0.717, 1.165) is 12.8 Å².